The van der Waals surface area contributed by atoms with E-state index in [1.165, 1.54) is 18.7 Å². The van der Waals surface area contributed by atoms with Gasteiger partial charge in [0.25, 0.3) is 0 Å². The van der Waals surface area contributed by atoms with Crippen LogP contribution in [0.3, 0.4) is 0 Å². The van der Waals surface area contributed by atoms with Crippen molar-refractivity contribution in [3.63, 3.8) is 0 Å². The summed E-state index contributed by atoms with van der Waals surface area (Å²) in [5.41, 5.74) is 2.25. The van der Waals surface area contributed by atoms with Crippen LogP contribution in [-0.2, 0) is 6.42 Å². The SMILES string of the molecule is Cc1ccnc(CC(=O)c2cc(Cl)cc(Oc3cncnc3)c2)c1. The first-order valence-corrected chi connectivity index (χ1v) is 7.66. The van der Waals surface area contributed by atoms with Crippen molar-refractivity contribution in [3.05, 3.63) is 77.1 Å². The third-order valence-electron chi connectivity index (χ3n) is 3.28. The number of Topliss-reactive ketones (excluding diaryl/α,β-unsaturated/α-hetero) is 1. The van der Waals surface area contributed by atoms with Crippen molar-refractivity contribution in [3.8, 4) is 11.5 Å². The van der Waals surface area contributed by atoms with Crippen molar-refractivity contribution in [1.29, 1.82) is 0 Å². The molecule has 0 radical (unpaired) electrons. The Morgan fingerprint density at radius 1 is 1.12 bits per heavy atom. The van der Waals surface area contributed by atoms with E-state index >= 15 is 0 Å². The van der Waals surface area contributed by atoms with Gasteiger partial charge in [0.15, 0.2) is 11.5 Å². The molecule has 2 aromatic heterocycles. The van der Waals surface area contributed by atoms with Crippen LogP contribution in [0.5, 0.6) is 11.5 Å². The van der Waals surface area contributed by atoms with Gasteiger partial charge in [-0.15, -0.1) is 0 Å². The summed E-state index contributed by atoms with van der Waals surface area (Å²) in [6.45, 7) is 1.96. The molecule has 0 fully saturated rings. The molecule has 0 spiro atoms. The third kappa shape index (κ3) is 4.14. The van der Waals surface area contributed by atoms with Crippen LogP contribution in [0.15, 0.2) is 55.2 Å². The van der Waals surface area contributed by atoms with E-state index in [-0.39, 0.29) is 12.2 Å². The largest absolute Gasteiger partial charge is 0.454 e. The summed E-state index contributed by atoms with van der Waals surface area (Å²) in [5, 5.41) is 0.421. The van der Waals surface area contributed by atoms with Gasteiger partial charge >= 0.3 is 0 Å². The molecule has 6 heteroatoms. The number of pyridine rings is 1. The van der Waals surface area contributed by atoms with Crippen LogP contribution in [-0.4, -0.2) is 20.7 Å². The van der Waals surface area contributed by atoms with E-state index < -0.39 is 0 Å². The lowest BCUT2D eigenvalue weighted by atomic mass is 10.1. The van der Waals surface area contributed by atoms with Crippen molar-refractivity contribution >= 4 is 17.4 Å². The lowest BCUT2D eigenvalue weighted by Gasteiger charge is -2.08. The number of ketones is 1. The summed E-state index contributed by atoms with van der Waals surface area (Å²) in [6.07, 6.45) is 6.38. The molecule has 1 aromatic carbocycles. The first-order chi connectivity index (χ1) is 11.6. The minimum Gasteiger partial charge on any atom is -0.454 e. The Bertz CT molecular complexity index is 869. The summed E-state index contributed by atoms with van der Waals surface area (Å²) in [5.74, 6) is 0.848. The van der Waals surface area contributed by atoms with Crippen molar-refractivity contribution in [2.45, 2.75) is 13.3 Å². The predicted octanol–water partition coefficient (Wildman–Crippen LogP) is 4.05. The lowest BCUT2D eigenvalue weighted by Crippen LogP contribution is -2.05. The van der Waals surface area contributed by atoms with E-state index in [9.17, 15) is 4.79 Å². The van der Waals surface area contributed by atoms with Crippen molar-refractivity contribution in [2.75, 3.05) is 0 Å². The average Bonchev–Trinajstić information content (AvgIpc) is 2.55. The predicted molar refractivity (Wildman–Crippen MR) is 90.6 cm³/mol. The maximum atomic E-state index is 12.5. The zero-order valence-corrected chi connectivity index (χ0v) is 13.7. The van der Waals surface area contributed by atoms with E-state index in [0.717, 1.165) is 11.3 Å². The monoisotopic (exact) mass is 339 g/mol. The Morgan fingerprint density at radius 2 is 1.92 bits per heavy atom. The van der Waals surface area contributed by atoms with Crippen molar-refractivity contribution in [1.82, 2.24) is 15.0 Å². The second kappa shape index (κ2) is 7.19. The Kier molecular flexibility index (Phi) is 4.82. The number of hydrogen-bond donors (Lipinski definition) is 0. The summed E-state index contributed by atoms with van der Waals surface area (Å²) in [6, 6.07) is 8.68. The summed E-state index contributed by atoms with van der Waals surface area (Å²) in [7, 11) is 0. The third-order valence-corrected chi connectivity index (χ3v) is 3.50. The Balaban J connectivity index is 1.81. The van der Waals surface area contributed by atoms with E-state index in [1.807, 2.05) is 19.1 Å². The quantitative estimate of drug-likeness (QED) is 0.656. The number of benzene rings is 1. The smallest absolute Gasteiger partial charge is 0.169 e. The molecule has 0 aliphatic heterocycles. The number of aryl methyl sites for hydroxylation is 1. The number of rotatable bonds is 5. The normalized spacial score (nSPS) is 10.4. The highest BCUT2D eigenvalue weighted by Crippen LogP contribution is 2.26. The number of hydrogen-bond acceptors (Lipinski definition) is 5. The summed E-state index contributed by atoms with van der Waals surface area (Å²) in [4.78, 5) is 24.5. The first kappa shape index (κ1) is 16.1. The van der Waals surface area contributed by atoms with Crippen LogP contribution in [0.25, 0.3) is 0 Å². The van der Waals surface area contributed by atoms with Gasteiger partial charge in [-0.05, 0) is 42.8 Å². The second-order valence-corrected chi connectivity index (χ2v) is 5.71. The van der Waals surface area contributed by atoms with Crippen LogP contribution in [0.1, 0.15) is 21.6 Å². The van der Waals surface area contributed by atoms with Crippen LogP contribution in [0.4, 0.5) is 0 Å². The van der Waals surface area contributed by atoms with Gasteiger partial charge in [-0.3, -0.25) is 9.78 Å². The van der Waals surface area contributed by atoms with Gasteiger partial charge in [-0.25, -0.2) is 9.97 Å². The molecule has 2 heterocycles. The first-order valence-electron chi connectivity index (χ1n) is 7.28. The molecule has 3 rings (SSSR count). The van der Waals surface area contributed by atoms with Crippen LogP contribution < -0.4 is 4.74 Å². The van der Waals surface area contributed by atoms with Gasteiger partial charge in [0, 0.05) is 22.5 Å². The van der Waals surface area contributed by atoms with Gasteiger partial charge in [-0.1, -0.05) is 11.6 Å². The minimum absolute atomic E-state index is 0.0789. The molecule has 0 N–H and O–H groups in total. The molecular weight excluding hydrogens is 326 g/mol. The van der Waals surface area contributed by atoms with Crippen molar-refractivity contribution < 1.29 is 9.53 Å². The van der Waals surface area contributed by atoms with E-state index in [2.05, 4.69) is 15.0 Å². The van der Waals surface area contributed by atoms with Crippen LogP contribution >= 0.6 is 11.6 Å². The maximum absolute atomic E-state index is 12.5. The molecule has 0 saturated heterocycles. The summed E-state index contributed by atoms with van der Waals surface area (Å²) >= 11 is 6.11. The minimum atomic E-state index is -0.0789. The van der Waals surface area contributed by atoms with Gasteiger partial charge < -0.3 is 4.74 Å². The summed E-state index contributed by atoms with van der Waals surface area (Å²) < 4.78 is 5.64. The fourth-order valence-electron chi connectivity index (χ4n) is 2.22. The van der Waals surface area contributed by atoms with E-state index in [0.29, 0.717) is 22.1 Å². The average molecular weight is 340 g/mol. The van der Waals surface area contributed by atoms with Gasteiger partial charge in [0.1, 0.15) is 12.1 Å². The molecule has 0 aliphatic rings. The molecule has 3 aromatic rings. The number of ether oxygens (including phenoxy) is 1. The molecular formula is C18H14ClN3O2. The van der Waals surface area contributed by atoms with Gasteiger partial charge in [-0.2, -0.15) is 0 Å². The molecule has 0 atom stereocenters. The lowest BCUT2D eigenvalue weighted by molar-refractivity contribution is 0.0991. The molecule has 0 amide bonds. The zero-order valence-electron chi connectivity index (χ0n) is 12.9. The topological polar surface area (TPSA) is 65.0 Å². The fraction of sp³-hybridized carbons (Fsp3) is 0.111. The number of nitrogens with zero attached hydrogens (tertiary/aromatic N) is 3. The number of carbonyl (C=O) groups excluding carboxylic acids is 1. The zero-order chi connectivity index (χ0) is 16.9. The molecule has 0 unspecified atom stereocenters. The molecule has 24 heavy (non-hydrogen) atoms. The van der Waals surface area contributed by atoms with Gasteiger partial charge in [0.05, 0.1) is 18.8 Å². The maximum Gasteiger partial charge on any atom is 0.169 e. The standard InChI is InChI=1S/C18H14ClN3O2/c1-12-2-3-22-15(4-12)8-18(23)13-5-14(19)7-16(6-13)24-17-9-20-11-21-10-17/h2-7,9-11H,8H2,1H3. The van der Waals surface area contributed by atoms with E-state index in [1.54, 1.807) is 24.4 Å². The highest BCUT2D eigenvalue weighted by atomic mass is 35.5. The molecule has 5 nitrogen and oxygen atoms in total. The van der Waals surface area contributed by atoms with Crippen molar-refractivity contribution in [2.24, 2.45) is 0 Å². The Hall–Kier alpha value is -2.79. The second-order valence-electron chi connectivity index (χ2n) is 5.28. The van der Waals surface area contributed by atoms with E-state index in [4.69, 9.17) is 16.3 Å². The highest BCUT2D eigenvalue weighted by Gasteiger charge is 2.11. The number of carbonyl (C=O) groups is 1. The number of halogens is 1. The molecule has 0 saturated carbocycles. The molecule has 0 aliphatic carbocycles. The number of aromatic nitrogens is 3. The van der Waals surface area contributed by atoms with Gasteiger partial charge in [0.2, 0.25) is 0 Å². The van der Waals surface area contributed by atoms with Crippen LogP contribution in [0.2, 0.25) is 5.02 Å². The molecule has 0 bridgehead atoms. The Labute approximate surface area is 144 Å². The Morgan fingerprint density at radius 3 is 2.67 bits per heavy atom. The highest BCUT2D eigenvalue weighted by molar-refractivity contribution is 6.31. The molecule has 120 valence electrons. The van der Waals surface area contributed by atoms with Crippen LogP contribution in [0, 0.1) is 6.92 Å². The fourth-order valence-corrected chi connectivity index (χ4v) is 2.44.